The van der Waals surface area contributed by atoms with Crippen LogP contribution in [0.5, 0.6) is 0 Å². The van der Waals surface area contributed by atoms with Crippen molar-refractivity contribution >= 4 is 11.8 Å². The number of pyridine rings is 1. The number of carbonyl (C=O) groups is 1. The van der Waals surface area contributed by atoms with E-state index >= 15 is 0 Å². The lowest BCUT2D eigenvalue weighted by Crippen LogP contribution is -2.39. The Labute approximate surface area is 113 Å². The van der Waals surface area contributed by atoms with Crippen molar-refractivity contribution in [2.45, 2.75) is 20.0 Å². The minimum absolute atomic E-state index is 0.0545. The van der Waals surface area contributed by atoms with E-state index in [2.05, 4.69) is 4.98 Å². The van der Waals surface area contributed by atoms with Gasteiger partial charge in [-0.3, -0.25) is 4.79 Å². The molecular weight excluding hydrogens is 275 g/mol. The molecule has 5 nitrogen and oxygen atoms in total. The Bertz CT molecular complexity index is 564. The zero-order valence-corrected chi connectivity index (χ0v) is 10.8. The highest BCUT2D eigenvalue weighted by Crippen LogP contribution is 2.25. The average Bonchev–Trinajstić information content (AvgIpc) is 2.24. The van der Waals surface area contributed by atoms with Crippen LogP contribution in [0.2, 0.25) is 0 Å². The van der Waals surface area contributed by atoms with Crippen molar-refractivity contribution < 1.29 is 23.1 Å². The number of hydrogen-bond donors (Lipinski definition) is 1. The first-order valence-corrected chi connectivity index (χ1v) is 5.56. The number of carboxylic acid groups (broad SMARTS) is 1. The van der Waals surface area contributed by atoms with Crippen molar-refractivity contribution in [2.24, 2.45) is 0 Å². The zero-order valence-electron chi connectivity index (χ0n) is 10.8. The first kappa shape index (κ1) is 15.8. The van der Waals surface area contributed by atoms with Crippen LogP contribution in [-0.2, 0) is 4.79 Å². The Morgan fingerprint density at radius 1 is 1.50 bits per heavy atom. The number of rotatable bonds is 4. The van der Waals surface area contributed by atoms with Crippen molar-refractivity contribution in [2.75, 3.05) is 18.0 Å². The van der Waals surface area contributed by atoms with Crippen LogP contribution in [0, 0.1) is 25.2 Å². The Kier molecular flexibility index (Phi) is 4.55. The Hall–Kier alpha value is -2.30. The van der Waals surface area contributed by atoms with Gasteiger partial charge >= 0.3 is 12.1 Å². The standard InChI is InChI=1S/C12H12F3N3O2/c1-7-3-8(2)17-11(9(7)4-16)18(5-10(19)20)6-12(13,14)15/h3H,5-6H2,1-2H3,(H,19,20). The number of aliphatic carboxylic acids is 1. The van der Waals surface area contributed by atoms with E-state index in [9.17, 15) is 18.0 Å². The van der Waals surface area contributed by atoms with Gasteiger partial charge in [-0.05, 0) is 25.5 Å². The summed E-state index contributed by atoms with van der Waals surface area (Å²) in [6.45, 7) is 0.751. The number of carboxylic acids is 1. The van der Waals surface area contributed by atoms with Crippen LogP contribution in [0.1, 0.15) is 16.8 Å². The van der Waals surface area contributed by atoms with Crippen molar-refractivity contribution in [1.82, 2.24) is 4.98 Å². The molecule has 1 heterocycles. The Morgan fingerprint density at radius 3 is 2.55 bits per heavy atom. The minimum Gasteiger partial charge on any atom is -0.480 e. The lowest BCUT2D eigenvalue weighted by molar-refractivity contribution is -0.136. The number of nitriles is 1. The molecule has 0 radical (unpaired) electrons. The van der Waals surface area contributed by atoms with Crippen molar-refractivity contribution in [3.8, 4) is 6.07 Å². The molecule has 8 heteroatoms. The molecular formula is C12H12F3N3O2. The molecule has 1 aromatic rings. The maximum absolute atomic E-state index is 12.5. The minimum atomic E-state index is -4.60. The van der Waals surface area contributed by atoms with Crippen LogP contribution in [-0.4, -0.2) is 35.3 Å². The molecule has 1 rings (SSSR count). The van der Waals surface area contributed by atoms with Gasteiger partial charge in [-0.1, -0.05) is 0 Å². The molecule has 1 aromatic heterocycles. The van der Waals surface area contributed by atoms with Gasteiger partial charge in [0.05, 0.1) is 5.56 Å². The molecule has 0 bridgehead atoms. The van der Waals surface area contributed by atoms with E-state index in [0.717, 1.165) is 0 Å². The van der Waals surface area contributed by atoms with E-state index in [1.54, 1.807) is 26.0 Å². The molecule has 0 unspecified atom stereocenters. The molecule has 0 aliphatic heterocycles. The molecule has 0 amide bonds. The normalized spacial score (nSPS) is 11.0. The van der Waals surface area contributed by atoms with E-state index in [-0.39, 0.29) is 11.4 Å². The molecule has 0 aliphatic rings. The molecule has 0 saturated carbocycles. The molecule has 20 heavy (non-hydrogen) atoms. The fraction of sp³-hybridized carbons (Fsp3) is 0.417. The van der Waals surface area contributed by atoms with E-state index in [1.807, 2.05) is 0 Å². The summed E-state index contributed by atoms with van der Waals surface area (Å²) >= 11 is 0. The number of alkyl halides is 3. The van der Waals surface area contributed by atoms with E-state index in [0.29, 0.717) is 16.2 Å². The van der Waals surface area contributed by atoms with Gasteiger partial charge in [-0.25, -0.2) is 4.98 Å². The molecule has 0 fully saturated rings. The van der Waals surface area contributed by atoms with Crippen molar-refractivity contribution in [3.05, 3.63) is 22.9 Å². The average molecular weight is 287 g/mol. The lowest BCUT2D eigenvalue weighted by Gasteiger charge is -2.24. The van der Waals surface area contributed by atoms with Crippen LogP contribution in [0.15, 0.2) is 6.07 Å². The summed E-state index contributed by atoms with van der Waals surface area (Å²) < 4.78 is 37.6. The second kappa shape index (κ2) is 5.77. The molecule has 1 N–H and O–H groups in total. The summed E-state index contributed by atoms with van der Waals surface area (Å²) in [5, 5.41) is 17.8. The van der Waals surface area contributed by atoms with Gasteiger partial charge in [0.15, 0.2) is 0 Å². The van der Waals surface area contributed by atoms with E-state index in [1.165, 1.54) is 0 Å². The molecule has 108 valence electrons. The summed E-state index contributed by atoms with van der Waals surface area (Å²) in [7, 11) is 0. The maximum atomic E-state index is 12.5. The highest BCUT2D eigenvalue weighted by Gasteiger charge is 2.33. The third kappa shape index (κ3) is 4.12. The fourth-order valence-electron chi connectivity index (χ4n) is 1.77. The van der Waals surface area contributed by atoms with Gasteiger partial charge in [-0.2, -0.15) is 18.4 Å². The third-order valence-corrected chi connectivity index (χ3v) is 2.43. The van der Waals surface area contributed by atoms with E-state index in [4.69, 9.17) is 10.4 Å². The highest BCUT2D eigenvalue weighted by atomic mass is 19.4. The number of nitrogens with zero attached hydrogens (tertiary/aromatic N) is 3. The topological polar surface area (TPSA) is 77.2 Å². The smallest absolute Gasteiger partial charge is 0.405 e. The maximum Gasteiger partial charge on any atom is 0.405 e. The summed E-state index contributed by atoms with van der Waals surface area (Å²) in [5.74, 6) is -1.69. The van der Waals surface area contributed by atoms with Gasteiger partial charge < -0.3 is 10.0 Å². The monoisotopic (exact) mass is 287 g/mol. The Balaban J connectivity index is 3.33. The quantitative estimate of drug-likeness (QED) is 0.916. The third-order valence-electron chi connectivity index (χ3n) is 2.43. The Morgan fingerprint density at radius 2 is 2.10 bits per heavy atom. The molecule has 0 saturated heterocycles. The largest absolute Gasteiger partial charge is 0.480 e. The molecule has 0 aliphatic carbocycles. The molecule has 0 aromatic carbocycles. The predicted octanol–water partition coefficient (Wildman–Crippen LogP) is 2.02. The summed E-state index contributed by atoms with van der Waals surface area (Å²) in [6.07, 6.45) is -4.60. The second-order valence-electron chi connectivity index (χ2n) is 4.26. The summed E-state index contributed by atoms with van der Waals surface area (Å²) in [6, 6.07) is 3.32. The van der Waals surface area contributed by atoms with Crippen LogP contribution in [0.4, 0.5) is 19.0 Å². The van der Waals surface area contributed by atoms with Crippen molar-refractivity contribution in [3.63, 3.8) is 0 Å². The van der Waals surface area contributed by atoms with Crippen LogP contribution in [0.25, 0.3) is 0 Å². The van der Waals surface area contributed by atoms with Crippen LogP contribution >= 0.6 is 0 Å². The van der Waals surface area contributed by atoms with Crippen LogP contribution in [0.3, 0.4) is 0 Å². The van der Waals surface area contributed by atoms with Crippen molar-refractivity contribution in [1.29, 1.82) is 5.26 Å². The SMILES string of the molecule is Cc1cc(C)c(C#N)c(N(CC(=O)O)CC(F)(F)F)n1. The first-order valence-electron chi connectivity index (χ1n) is 5.56. The summed E-state index contributed by atoms with van der Waals surface area (Å²) in [5.41, 5.74) is 0.808. The number of anilines is 1. The van der Waals surface area contributed by atoms with E-state index < -0.39 is 25.2 Å². The fourth-order valence-corrected chi connectivity index (χ4v) is 1.77. The summed E-state index contributed by atoms with van der Waals surface area (Å²) in [4.78, 5) is 15.1. The number of hydrogen-bond acceptors (Lipinski definition) is 4. The lowest BCUT2D eigenvalue weighted by atomic mass is 10.1. The highest BCUT2D eigenvalue weighted by molar-refractivity contribution is 5.74. The molecule has 0 spiro atoms. The van der Waals surface area contributed by atoms with Gasteiger partial charge in [0.25, 0.3) is 0 Å². The van der Waals surface area contributed by atoms with Crippen LogP contribution < -0.4 is 4.90 Å². The van der Waals surface area contributed by atoms with Gasteiger partial charge in [0.1, 0.15) is 25.0 Å². The van der Waals surface area contributed by atoms with Gasteiger partial charge in [-0.15, -0.1) is 0 Å². The van der Waals surface area contributed by atoms with Gasteiger partial charge in [0, 0.05) is 5.69 Å². The molecule has 0 atom stereocenters. The van der Waals surface area contributed by atoms with Gasteiger partial charge in [0.2, 0.25) is 0 Å². The number of aromatic nitrogens is 1. The predicted molar refractivity (Wildman–Crippen MR) is 64.3 cm³/mol. The number of halogens is 3. The zero-order chi connectivity index (χ0) is 15.5. The number of aryl methyl sites for hydroxylation is 2. The second-order valence-corrected chi connectivity index (χ2v) is 4.26. The first-order chi connectivity index (χ1) is 9.14.